The number of nitrogens with one attached hydrogen (secondary N) is 1. The maximum absolute atomic E-state index is 12.9. The van der Waals surface area contributed by atoms with E-state index in [-0.39, 0.29) is 29.9 Å². The van der Waals surface area contributed by atoms with Crippen molar-refractivity contribution in [3.05, 3.63) is 86.1 Å². The maximum atomic E-state index is 12.9. The highest BCUT2D eigenvalue weighted by Gasteiger charge is 2.30. The molecule has 154 valence electrons. The number of non-ortho nitro benzene ring substituents is 1. The summed E-state index contributed by atoms with van der Waals surface area (Å²) in [5.74, 6) is 0.0673. The fourth-order valence-corrected chi connectivity index (χ4v) is 4.74. The molecule has 0 saturated heterocycles. The van der Waals surface area contributed by atoms with Gasteiger partial charge in [0.05, 0.1) is 36.4 Å². The number of nitrogens with zero attached hydrogens (tertiary/aromatic N) is 2. The summed E-state index contributed by atoms with van der Waals surface area (Å²) in [6.07, 6.45) is 0.907. The van der Waals surface area contributed by atoms with Crippen LogP contribution >= 0.6 is 11.3 Å². The number of fused-ring (bicyclic) bond motifs is 1. The Morgan fingerprint density at radius 3 is 2.80 bits per heavy atom. The molecule has 1 aliphatic rings. The van der Waals surface area contributed by atoms with E-state index in [9.17, 15) is 14.9 Å². The van der Waals surface area contributed by atoms with Crippen LogP contribution in [0.1, 0.15) is 22.0 Å². The number of benzene rings is 2. The van der Waals surface area contributed by atoms with E-state index in [4.69, 9.17) is 4.74 Å². The third kappa shape index (κ3) is 4.05. The summed E-state index contributed by atoms with van der Waals surface area (Å²) in [6, 6.07) is 16.5. The van der Waals surface area contributed by atoms with Crippen molar-refractivity contribution >= 4 is 28.6 Å². The van der Waals surface area contributed by atoms with Crippen LogP contribution in [0, 0.1) is 10.1 Å². The number of carbonyl (C=O) groups is 1. The average Bonchev–Trinajstić information content (AvgIpc) is 3.23. The Morgan fingerprint density at radius 1 is 1.27 bits per heavy atom. The average molecular weight is 423 g/mol. The summed E-state index contributed by atoms with van der Waals surface area (Å²) in [6.45, 7) is 0.979. The molecule has 0 saturated carbocycles. The number of methoxy groups -OCH3 is 1. The predicted octanol–water partition coefficient (Wildman–Crippen LogP) is 4.25. The van der Waals surface area contributed by atoms with E-state index in [1.54, 1.807) is 11.3 Å². The van der Waals surface area contributed by atoms with Crippen LogP contribution in [0.15, 0.2) is 60.0 Å². The lowest BCUT2D eigenvalue weighted by Gasteiger charge is -2.35. The van der Waals surface area contributed by atoms with Gasteiger partial charge >= 0.3 is 0 Å². The summed E-state index contributed by atoms with van der Waals surface area (Å²) in [5, 5.41) is 15.9. The molecule has 0 aliphatic carbocycles. The standard InChI is InChI=1S/C22H21N3O4S/c1-29-19-13-16(25(27)28)7-8-18(19)23-21(26)14-24-11-9-20-17(10-12-30-20)22(24)15-5-3-2-4-6-15/h2-8,10,12-13,22H,9,11,14H2,1H3,(H,23,26)/t22-/m1/s1. The van der Waals surface area contributed by atoms with Crippen LogP contribution in [0.2, 0.25) is 0 Å². The monoisotopic (exact) mass is 423 g/mol. The van der Waals surface area contributed by atoms with Crippen molar-refractivity contribution in [2.45, 2.75) is 12.5 Å². The Hall–Kier alpha value is -3.23. The lowest BCUT2D eigenvalue weighted by Crippen LogP contribution is -2.40. The van der Waals surface area contributed by atoms with Gasteiger partial charge in [-0.3, -0.25) is 19.8 Å². The van der Waals surface area contributed by atoms with Crippen molar-refractivity contribution < 1.29 is 14.5 Å². The molecule has 3 aromatic rings. The summed E-state index contributed by atoms with van der Waals surface area (Å²) in [4.78, 5) is 26.9. The van der Waals surface area contributed by atoms with Gasteiger partial charge in [0.15, 0.2) is 0 Å². The maximum Gasteiger partial charge on any atom is 0.273 e. The molecule has 1 aromatic heterocycles. The minimum Gasteiger partial charge on any atom is -0.494 e. The summed E-state index contributed by atoms with van der Waals surface area (Å²) in [7, 11) is 1.42. The Morgan fingerprint density at radius 2 is 2.07 bits per heavy atom. The van der Waals surface area contributed by atoms with Gasteiger partial charge in [0.2, 0.25) is 5.91 Å². The minimum absolute atomic E-state index is 0.0192. The first-order valence-corrected chi connectivity index (χ1v) is 10.4. The van der Waals surface area contributed by atoms with Crippen LogP contribution in [-0.4, -0.2) is 35.9 Å². The van der Waals surface area contributed by atoms with Crippen LogP contribution in [0.5, 0.6) is 5.75 Å². The molecule has 8 heteroatoms. The molecule has 4 rings (SSSR count). The molecule has 0 spiro atoms. The second kappa shape index (κ2) is 8.64. The first-order chi connectivity index (χ1) is 14.6. The molecule has 1 amide bonds. The highest BCUT2D eigenvalue weighted by molar-refractivity contribution is 7.10. The molecule has 0 fully saturated rings. The molecule has 0 unspecified atom stereocenters. The first kappa shape index (κ1) is 20.1. The van der Waals surface area contributed by atoms with Crippen molar-refractivity contribution in [3.63, 3.8) is 0 Å². The second-order valence-electron chi connectivity index (χ2n) is 7.02. The largest absolute Gasteiger partial charge is 0.494 e. The van der Waals surface area contributed by atoms with Crippen molar-refractivity contribution in [1.29, 1.82) is 0 Å². The second-order valence-corrected chi connectivity index (χ2v) is 8.02. The SMILES string of the molecule is COc1cc([N+](=O)[O-])ccc1NC(=O)CN1CCc2sccc2[C@H]1c1ccccc1. The summed E-state index contributed by atoms with van der Waals surface area (Å²) < 4.78 is 5.22. The highest BCUT2D eigenvalue weighted by atomic mass is 32.1. The van der Waals surface area contributed by atoms with Crippen LogP contribution in [0.25, 0.3) is 0 Å². The zero-order valence-electron chi connectivity index (χ0n) is 16.4. The Kier molecular flexibility index (Phi) is 5.78. The van der Waals surface area contributed by atoms with E-state index < -0.39 is 4.92 Å². The summed E-state index contributed by atoms with van der Waals surface area (Å²) in [5.41, 5.74) is 2.73. The Bertz CT molecular complexity index is 1070. The van der Waals surface area contributed by atoms with E-state index in [0.717, 1.165) is 18.5 Å². The number of amides is 1. The van der Waals surface area contributed by atoms with Crippen LogP contribution < -0.4 is 10.1 Å². The zero-order valence-corrected chi connectivity index (χ0v) is 17.2. The zero-order chi connectivity index (χ0) is 21.1. The van der Waals surface area contributed by atoms with E-state index in [1.807, 2.05) is 18.2 Å². The number of nitro groups is 1. The molecular formula is C22H21N3O4S. The van der Waals surface area contributed by atoms with Crippen molar-refractivity contribution in [3.8, 4) is 5.75 Å². The molecule has 1 aliphatic heterocycles. The molecule has 2 heterocycles. The normalized spacial score (nSPS) is 16.0. The number of hydrogen-bond acceptors (Lipinski definition) is 6. The van der Waals surface area contributed by atoms with Crippen LogP contribution in [-0.2, 0) is 11.2 Å². The first-order valence-electron chi connectivity index (χ1n) is 9.54. The molecule has 0 radical (unpaired) electrons. The smallest absolute Gasteiger partial charge is 0.273 e. The fraction of sp³-hybridized carbons (Fsp3) is 0.227. The van der Waals surface area contributed by atoms with Gasteiger partial charge in [0, 0.05) is 17.5 Å². The Balaban J connectivity index is 1.55. The molecule has 2 aromatic carbocycles. The number of thiophene rings is 1. The van der Waals surface area contributed by atoms with E-state index in [1.165, 1.54) is 35.7 Å². The van der Waals surface area contributed by atoms with Gasteiger partial charge in [0.25, 0.3) is 5.69 Å². The molecule has 7 nitrogen and oxygen atoms in total. The van der Waals surface area contributed by atoms with E-state index >= 15 is 0 Å². The molecular weight excluding hydrogens is 402 g/mol. The van der Waals surface area contributed by atoms with E-state index in [2.05, 4.69) is 33.8 Å². The third-order valence-corrected chi connectivity index (χ3v) is 6.19. The number of anilines is 1. The molecule has 1 atom stereocenters. The van der Waals surface area contributed by atoms with Gasteiger partial charge in [-0.25, -0.2) is 0 Å². The van der Waals surface area contributed by atoms with Crippen molar-refractivity contribution in [2.24, 2.45) is 0 Å². The lowest BCUT2D eigenvalue weighted by molar-refractivity contribution is -0.384. The third-order valence-electron chi connectivity index (χ3n) is 5.20. The predicted molar refractivity (Wildman–Crippen MR) is 116 cm³/mol. The molecule has 0 bridgehead atoms. The topological polar surface area (TPSA) is 84.7 Å². The van der Waals surface area contributed by atoms with Gasteiger partial charge in [0.1, 0.15) is 5.75 Å². The quantitative estimate of drug-likeness (QED) is 0.473. The van der Waals surface area contributed by atoms with Gasteiger partial charge in [-0.05, 0) is 35.1 Å². The van der Waals surface area contributed by atoms with Crippen molar-refractivity contribution in [1.82, 2.24) is 4.90 Å². The van der Waals surface area contributed by atoms with Crippen molar-refractivity contribution in [2.75, 3.05) is 25.5 Å². The van der Waals surface area contributed by atoms with Gasteiger partial charge < -0.3 is 10.1 Å². The minimum atomic E-state index is -0.495. The Labute approximate surface area is 178 Å². The van der Waals surface area contributed by atoms with Crippen LogP contribution in [0.3, 0.4) is 0 Å². The van der Waals surface area contributed by atoms with Gasteiger partial charge in [-0.1, -0.05) is 30.3 Å². The highest BCUT2D eigenvalue weighted by Crippen LogP contribution is 2.37. The molecule has 1 N–H and O–H groups in total. The molecule has 30 heavy (non-hydrogen) atoms. The van der Waals surface area contributed by atoms with E-state index in [0.29, 0.717) is 5.69 Å². The number of carbonyl (C=O) groups excluding carboxylic acids is 1. The number of nitro benzene ring substituents is 1. The van der Waals surface area contributed by atoms with Gasteiger partial charge in [-0.2, -0.15) is 0 Å². The lowest BCUT2D eigenvalue weighted by atomic mass is 9.93. The number of ether oxygens (including phenoxy) is 1. The number of hydrogen-bond donors (Lipinski definition) is 1. The van der Waals surface area contributed by atoms with Crippen LogP contribution in [0.4, 0.5) is 11.4 Å². The number of rotatable bonds is 6. The van der Waals surface area contributed by atoms with Gasteiger partial charge in [-0.15, -0.1) is 11.3 Å². The fourth-order valence-electron chi connectivity index (χ4n) is 3.84. The summed E-state index contributed by atoms with van der Waals surface area (Å²) >= 11 is 1.76.